The van der Waals surface area contributed by atoms with E-state index in [0.29, 0.717) is 0 Å². The summed E-state index contributed by atoms with van der Waals surface area (Å²) in [5, 5.41) is 2.46. The van der Waals surface area contributed by atoms with Crippen LogP contribution in [0.5, 0.6) is 0 Å². The minimum absolute atomic E-state index is 0.0738. The van der Waals surface area contributed by atoms with Crippen molar-refractivity contribution in [3.8, 4) is 0 Å². The fraction of sp³-hybridized carbons (Fsp3) is 0.462. The van der Waals surface area contributed by atoms with Crippen LogP contribution in [0, 0.1) is 0 Å². The summed E-state index contributed by atoms with van der Waals surface area (Å²) in [4.78, 5) is 11.1. The number of halogens is 1. The number of hydrogen-bond acceptors (Lipinski definition) is 1. The van der Waals surface area contributed by atoms with Crippen LogP contribution < -0.4 is 5.32 Å². The average Bonchev–Trinajstić information content (AvgIpc) is 2.25. The van der Waals surface area contributed by atoms with Gasteiger partial charge in [-0.25, -0.2) is 4.39 Å². The Labute approximate surface area is 96.9 Å². The molecule has 1 atom stereocenters. The van der Waals surface area contributed by atoms with E-state index in [4.69, 9.17) is 0 Å². The van der Waals surface area contributed by atoms with Gasteiger partial charge in [-0.2, -0.15) is 0 Å². The molecule has 0 aromatic carbocycles. The van der Waals surface area contributed by atoms with Crippen LogP contribution in [0.4, 0.5) is 4.39 Å². The number of rotatable bonds is 7. The molecule has 0 aromatic heterocycles. The minimum Gasteiger partial charge on any atom is -0.350 e. The molecule has 0 heterocycles. The Bertz CT molecular complexity index is 267. The third kappa shape index (κ3) is 10.7. The van der Waals surface area contributed by atoms with Gasteiger partial charge < -0.3 is 5.32 Å². The standard InChI is InChI=1S/C13H20FNO/c1-3-4-5-6-7-8-9-10-13(16)15-11-12(2)14/h3-6,9-10,12H,7-8,11H2,1-2H3,(H,15,16)/b4-3+,6-5-,10-9+. The Kier molecular flexibility index (Phi) is 9.27. The lowest BCUT2D eigenvalue weighted by molar-refractivity contribution is -0.116. The third-order valence-electron chi connectivity index (χ3n) is 1.77. The van der Waals surface area contributed by atoms with Gasteiger partial charge in [0.1, 0.15) is 6.17 Å². The number of carbonyl (C=O) groups excluding carboxylic acids is 1. The summed E-state index contributed by atoms with van der Waals surface area (Å²) in [6.07, 6.45) is 11.9. The van der Waals surface area contributed by atoms with E-state index in [2.05, 4.69) is 5.32 Å². The predicted molar refractivity (Wildman–Crippen MR) is 65.9 cm³/mol. The Balaban J connectivity index is 3.56. The summed E-state index contributed by atoms with van der Waals surface area (Å²) >= 11 is 0. The molecule has 1 unspecified atom stereocenters. The van der Waals surface area contributed by atoms with Crippen molar-refractivity contribution < 1.29 is 9.18 Å². The molecule has 0 aliphatic heterocycles. The van der Waals surface area contributed by atoms with E-state index in [1.165, 1.54) is 13.0 Å². The molecular formula is C13H20FNO. The highest BCUT2D eigenvalue weighted by atomic mass is 19.1. The van der Waals surface area contributed by atoms with Crippen LogP contribution >= 0.6 is 0 Å². The van der Waals surface area contributed by atoms with Gasteiger partial charge in [0.15, 0.2) is 0 Å². The quantitative estimate of drug-likeness (QED) is 0.403. The lowest BCUT2D eigenvalue weighted by Gasteiger charge is -2.01. The van der Waals surface area contributed by atoms with Gasteiger partial charge in [0.25, 0.3) is 0 Å². The summed E-state index contributed by atoms with van der Waals surface area (Å²) in [6, 6.07) is 0. The third-order valence-corrected chi connectivity index (χ3v) is 1.77. The van der Waals surface area contributed by atoms with Crippen molar-refractivity contribution in [3.63, 3.8) is 0 Å². The monoisotopic (exact) mass is 225 g/mol. The molecule has 0 fully saturated rings. The zero-order chi connectivity index (χ0) is 12.2. The van der Waals surface area contributed by atoms with Gasteiger partial charge in [-0.3, -0.25) is 4.79 Å². The van der Waals surface area contributed by atoms with Crippen molar-refractivity contribution >= 4 is 5.91 Å². The molecule has 1 N–H and O–H groups in total. The lowest BCUT2D eigenvalue weighted by atomic mass is 10.2. The first-order valence-corrected chi connectivity index (χ1v) is 5.53. The summed E-state index contributed by atoms with van der Waals surface area (Å²) < 4.78 is 12.4. The number of alkyl halides is 1. The summed E-state index contributed by atoms with van der Waals surface area (Å²) in [6.45, 7) is 3.45. The lowest BCUT2D eigenvalue weighted by Crippen LogP contribution is -2.27. The average molecular weight is 225 g/mol. The van der Waals surface area contributed by atoms with Gasteiger partial charge in [-0.05, 0) is 32.8 Å². The molecule has 16 heavy (non-hydrogen) atoms. The highest BCUT2D eigenvalue weighted by Crippen LogP contribution is 1.93. The molecule has 0 bridgehead atoms. The second-order valence-corrected chi connectivity index (χ2v) is 3.46. The first-order chi connectivity index (χ1) is 7.66. The van der Waals surface area contributed by atoms with Crippen LogP contribution in [0.1, 0.15) is 26.7 Å². The zero-order valence-corrected chi connectivity index (χ0v) is 9.95. The largest absolute Gasteiger partial charge is 0.350 e. The van der Waals surface area contributed by atoms with E-state index < -0.39 is 6.17 Å². The first kappa shape index (κ1) is 14.6. The molecule has 0 aliphatic carbocycles. The molecule has 0 radical (unpaired) electrons. The first-order valence-electron chi connectivity index (χ1n) is 5.53. The summed E-state index contributed by atoms with van der Waals surface area (Å²) in [5.41, 5.74) is 0. The SMILES string of the molecule is C/C=C/C=C\CC/C=C/C(=O)NCC(C)F. The maximum absolute atomic E-state index is 12.4. The fourth-order valence-corrected chi connectivity index (χ4v) is 0.969. The van der Waals surface area contributed by atoms with E-state index >= 15 is 0 Å². The van der Waals surface area contributed by atoms with Crippen LogP contribution in [0.15, 0.2) is 36.5 Å². The highest BCUT2D eigenvalue weighted by Gasteiger charge is 1.98. The van der Waals surface area contributed by atoms with Crippen LogP contribution in [-0.2, 0) is 4.79 Å². The minimum atomic E-state index is -0.999. The molecule has 2 nitrogen and oxygen atoms in total. The van der Waals surface area contributed by atoms with Gasteiger partial charge in [0.05, 0.1) is 0 Å². The predicted octanol–water partition coefficient (Wildman–Crippen LogP) is 2.93. The van der Waals surface area contributed by atoms with E-state index in [1.807, 2.05) is 31.2 Å². The topological polar surface area (TPSA) is 29.1 Å². The van der Waals surface area contributed by atoms with Gasteiger partial charge >= 0.3 is 0 Å². The molecular weight excluding hydrogens is 205 g/mol. The van der Waals surface area contributed by atoms with Crippen molar-refractivity contribution in [1.82, 2.24) is 5.32 Å². The fourth-order valence-electron chi connectivity index (χ4n) is 0.969. The van der Waals surface area contributed by atoms with Crippen molar-refractivity contribution in [2.45, 2.75) is 32.9 Å². The van der Waals surface area contributed by atoms with E-state index in [9.17, 15) is 9.18 Å². The molecule has 0 saturated heterocycles. The van der Waals surface area contributed by atoms with E-state index in [1.54, 1.807) is 6.08 Å². The van der Waals surface area contributed by atoms with Crippen LogP contribution in [0.3, 0.4) is 0 Å². The number of hydrogen-bond donors (Lipinski definition) is 1. The molecule has 3 heteroatoms. The Morgan fingerprint density at radius 3 is 2.62 bits per heavy atom. The zero-order valence-electron chi connectivity index (χ0n) is 9.95. The molecule has 90 valence electrons. The molecule has 0 rings (SSSR count). The second kappa shape index (κ2) is 10.1. The van der Waals surface area contributed by atoms with Gasteiger partial charge in [-0.15, -0.1) is 0 Å². The van der Waals surface area contributed by atoms with Crippen LogP contribution in [0.25, 0.3) is 0 Å². The molecule has 1 amide bonds. The van der Waals surface area contributed by atoms with Crippen LogP contribution in [0.2, 0.25) is 0 Å². The van der Waals surface area contributed by atoms with Crippen molar-refractivity contribution in [1.29, 1.82) is 0 Å². The number of amides is 1. The van der Waals surface area contributed by atoms with Crippen molar-refractivity contribution in [3.05, 3.63) is 36.5 Å². The molecule has 0 aromatic rings. The van der Waals surface area contributed by atoms with Crippen molar-refractivity contribution in [2.75, 3.05) is 6.54 Å². The van der Waals surface area contributed by atoms with E-state index in [-0.39, 0.29) is 12.5 Å². The maximum Gasteiger partial charge on any atom is 0.243 e. The molecule has 0 aliphatic rings. The number of carbonyl (C=O) groups is 1. The van der Waals surface area contributed by atoms with E-state index in [0.717, 1.165) is 12.8 Å². The van der Waals surface area contributed by atoms with Crippen LogP contribution in [-0.4, -0.2) is 18.6 Å². The molecule has 0 saturated carbocycles. The number of unbranched alkanes of at least 4 members (excludes halogenated alkanes) is 1. The summed E-state index contributed by atoms with van der Waals surface area (Å²) in [7, 11) is 0. The van der Waals surface area contributed by atoms with Crippen molar-refractivity contribution in [2.24, 2.45) is 0 Å². The second-order valence-electron chi connectivity index (χ2n) is 3.46. The van der Waals surface area contributed by atoms with Gasteiger partial charge in [-0.1, -0.05) is 30.4 Å². The Morgan fingerprint density at radius 1 is 1.31 bits per heavy atom. The maximum atomic E-state index is 12.4. The highest BCUT2D eigenvalue weighted by molar-refractivity contribution is 5.87. The Morgan fingerprint density at radius 2 is 2.00 bits per heavy atom. The van der Waals surface area contributed by atoms with Gasteiger partial charge in [0.2, 0.25) is 5.91 Å². The number of nitrogens with one attached hydrogen (secondary N) is 1. The summed E-state index contributed by atoms with van der Waals surface area (Å²) in [5.74, 6) is -0.234. The normalized spacial score (nSPS) is 13.9. The molecule has 0 spiro atoms. The Hall–Kier alpha value is -1.38. The van der Waals surface area contributed by atoms with Gasteiger partial charge in [0, 0.05) is 6.54 Å². The number of allylic oxidation sites excluding steroid dienone is 5. The smallest absolute Gasteiger partial charge is 0.243 e.